The van der Waals surface area contributed by atoms with Crippen LogP contribution in [0.2, 0.25) is 0 Å². The van der Waals surface area contributed by atoms with Crippen LogP contribution >= 0.6 is 0 Å². The van der Waals surface area contributed by atoms with Gasteiger partial charge in [-0.05, 0) is 50.2 Å². The van der Waals surface area contributed by atoms with E-state index in [2.05, 4.69) is 11.4 Å². The molecule has 22 heavy (non-hydrogen) atoms. The summed E-state index contributed by atoms with van der Waals surface area (Å²) in [5.41, 5.74) is 1.87. The maximum absolute atomic E-state index is 11.7. The molecule has 2 N–H and O–H groups in total. The highest BCUT2D eigenvalue weighted by molar-refractivity contribution is 5.67. The predicted molar refractivity (Wildman–Crippen MR) is 83.4 cm³/mol. The first-order valence-corrected chi connectivity index (χ1v) is 7.64. The summed E-state index contributed by atoms with van der Waals surface area (Å²) in [7, 11) is 0. The Kier molecular flexibility index (Phi) is 5.42. The number of hydrogen-bond acceptors (Lipinski definition) is 4. The van der Waals surface area contributed by atoms with Gasteiger partial charge in [-0.3, -0.25) is 0 Å². The van der Waals surface area contributed by atoms with Crippen molar-refractivity contribution in [3.63, 3.8) is 0 Å². The SMILES string of the molecule is CC(C)(C)OC(=O)NC[C@@H]1C[C@H]1c1ccccc1COCO. The molecule has 1 saturated carbocycles. The van der Waals surface area contributed by atoms with Gasteiger partial charge in [-0.1, -0.05) is 24.3 Å². The van der Waals surface area contributed by atoms with Crippen molar-refractivity contribution < 1.29 is 19.4 Å². The molecule has 1 amide bonds. The number of carbonyl (C=O) groups excluding carboxylic acids is 1. The van der Waals surface area contributed by atoms with E-state index in [1.165, 1.54) is 5.56 Å². The Bertz CT molecular complexity index is 510. The zero-order valence-corrected chi connectivity index (χ0v) is 13.5. The molecule has 0 heterocycles. The standard InChI is InChI=1S/C17H25NO4/c1-17(2,3)22-16(20)18-9-13-8-15(13)14-7-5-4-6-12(14)10-21-11-19/h4-7,13,15,19H,8-11H2,1-3H3,(H,18,20)/t13-,15+/m0/s1. The summed E-state index contributed by atoms with van der Waals surface area (Å²) >= 11 is 0. The molecule has 0 aliphatic heterocycles. The fraction of sp³-hybridized carbons (Fsp3) is 0.588. The van der Waals surface area contributed by atoms with Crippen LogP contribution < -0.4 is 5.32 Å². The zero-order valence-electron chi connectivity index (χ0n) is 13.5. The number of alkyl carbamates (subject to hydrolysis) is 1. The van der Waals surface area contributed by atoms with Crippen LogP contribution in [-0.2, 0) is 16.1 Å². The lowest BCUT2D eigenvalue weighted by Gasteiger charge is -2.19. The molecule has 0 saturated heterocycles. The number of rotatable bonds is 6. The molecular formula is C17H25NO4. The van der Waals surface area contributed by atoms with E-state index >= 15 is 0 Å². The minimum atomic E-state index is -0.471. The monoisotopic (exact) mass is 307 g/mol. The third kappa shape index (κ3) is 5.00. The topological polar surface area (TPSA) is 67.8 Å². The molecule has 5 heteroatoms. The van der Waals surface area contributed by atoms with Crippen LogP contribution in [0.4, 0.5) is 4.79 Å². The van der Waals surface area contributed by atoms with Crippen molar-refractivity contribution in [1.29, 1.82) is 0 Å². The number of carbonyl (C=O) groups is 1. The van der Waals surface area contributed by atoms with Crippen molar-refractivity contribution in [2.45, 2.75) is 45.3 Å². The summed E-state index contributed by atoms with van der Waals surface area (Å²) in [6, 6.07) is 8.08. The van der Waals surface area contributed by atoms with Gasteiger partial charge in [0.05, 0.1) is 6.61 Å². The van der Waals surface area contributed by atoms with Crippen LogP contribution in [0.3, 0.4) is 0 Å². The van der Waals surface area contributed by atoms with E-state index in [0.717, 1.165) is 12.0 Å². The van der Waals surface area contributed by atoms with Crippen LogP contribution in [0.15, 0.2) is 24.3 Å². The van der Waals surface area contributed by atoms with Gasteiger partial charge in [0.2, 0.25) is 0 Å². The normalized spacial score (nSPS) is 20.5. The molecule has 1 fully saturated rings. The Morgan fingerprint density at radius 2 is 2.09 bits per heavy atom. The fourth-order valence-electron chi connectivity index (χ4n) is 2.57. The summed E-state index contributed by atoms with van der Waals surface area (Å²) in [5, 5.41) is 11.6. The van der Waals surface area contributed by atoms with Crippen molar-refractivity contribution in [3.8, 4) is 0 Å². The first-order chi connectivity index (χ1) is 10.4. The van der Waals surface area contributed by atoms with E-state index in [4.69, 9.17) is 14.6 Å². The van der Waals surface area contributed by atoms with Gasteiger partial charge in [-0.25, -0.2) is 4.79 Å². The van der Waals surface area contributed by atoms with Crippen LogP contribution in [0.5, 0.6) is 0 Å². The lowest BCUT2D eigenvalue weighted by atomic mass is 10.0. The Balaban J connectivity index is 1.84. The van der Waals surface area contributed by atoms with E-state index in [1.54, 1.807) is 0 Å². The molecular weight excluding hydrogens is 282 g/mol. The molecule has 1 aliphatic carbocycles. The summed E-state index contributed by atoms with van der Waals surface area (Å²) < 4.78 is 10.3. The number of nitrogens with one attached hydrogen (secondary N) is 1. The highest BCUT2D eigenvalue weighted by Crippen LogP contribution is 2.48. The summed E-state index contributed by atoms with van der Waals surface area (Å²) in [6.07, 6.45) is 0.682. The Morgan fingerprint density at radius 3 is 2.77 bits per heavy atom. The number of benzene rings is 1. The lowest BCUT2D eigenvalue weighted by Crippen LogP contribution is -2.33. The number of ether oxygens (including phenoxy) is 2. The quantitative estimate of drug-likeness (QED) is 0.793. The average molecular weight is 307 g/mol. The van der Waals surface area contributed by atoms with Crippen LogP contribution in [0.1, 0.15) is 44.2 Å². The third-order valence-corrected chi connectivity index (χ3v) is 3.63. The van der Waals surface area contributed by atoms with Gasteiger partial charge >= 0.3 is 6.09 Å². The largest absolute Gasteiger partial charge is 0.444 e. The summed E-state index contributed by atoms with van der Waals surface area (Å²) in [5.74, 6) is 0.872. The fourth-order valence-corrected chi connectivity index (χ4v) is 2.57. The predicted octanol–water partition coefficient (Wildman–Crippen LogP) is 2.78. The number of hydrogen-bond donors (Lipinski definition) is 2. The van der Waals surface area contributed by atoms with Crippen LogP contribution in [0, 0.1) is 5.92 Å². The molecule has 0 spiro atoms. The molecule has 2 rings (SSSR count). The maximum Gasteiger partial charge on any atom is 0.407 e. The second-order valence-electron chi connectivity index (χ2n) is 6.66. The van der Waals surface area contributed by atoms with E-state index in [9.17, 15) is 4.79 Å². The van der Waals surface area contributed by atoms with E-state index in [-0.39, 0.29) is 12.9 Å². The minimum Gasteiger partial charge on any atom is -0.444 e. The minimum absolute atomic E-state index is 0.275. The highest BCUT2D eigenvalue weighted by atomic mass is 16.6. The van der Waals surface area contributed by atoms with Gasteiger partial charge in [-0.2, -0.15) is 0 Å². The van der Waals surface area contributed by atoms with Gasteiger partial charge in [-0.15, -0.1) is 0 Å². The molecule has 5 nitrogen and oxygen atoms in total. The third-order valence-electron chi connectivity index (χ3n) is 3.63. The lowest BCUT2D eigenvalue weighted by molar-refractivity contribution is -0.0115. The number of amides is 1. The van der Waals surface area contributed by atoms with Crippen LogP contribution in [0.25, 0.3) is 0 Å². The second-order valence-corrected chi connectivity index (χ2v) is 6.66. The first-order valence-electron chi connectivity index (χ1n) is 7.64. The van der Waals surface area contributed by atoms with Crippen LogP contribution in [-0.4, -0.2) is 30.1 Å². The molecule has 0 unspecified atom stereocenters. The Labute approximate surface area is 131 Å². The molecule has 0 bridgehead atoms. The van der Waals surface area contributed by atoms with E-state index in [1.807, 2.05) is 39.0 Å². The first kappa shape index (κ1) is 16.8. The highest BCUT2D eigenvalue weighted by Gasteiger charge is 2.39. The van der Waals surface area contributed by atoms with Gasteiger partial charge in [0.1, 0.15) is 12.4 Å². The molecule has 0 aromatic heterocycles. The van der Waals surface area contributed by atoms with Gasteiger partial charge < -0.3 is 19.9 Å². The summed E-state index contributed by atoms with van der Waals surface area (Å²) in [6.45, 7) is 6.31. The molecule has 1 aromatic carbocycles. The van der Waals surface area contributed by atoms with E-state index in [0.29, 0.717) is 25.0 Å². The van der Waals surface area contributed by atoms with Crippen molar-refractivity contribution in [2.24, 2.45) is 5.92 Å². The molecule has 0 radical (unpaired) electrons. The number of aliphatic hydroxyl groups is 1. The Morgan fingerprint density at radius 1 is 1.36 bits per heavy atom. The molecule has 1 aliphatic rings. The smallest absolute Gasteiger partial charge is 0.407 e. The van der Waals surface area contributed by atoms with Gasteiger partial charge in [0.15, 0.2) is 0 Å². The van der Waals surface area contributed by atoms with Crippen molar-refractivity contribution >= 4 is 6.09 Å². The Hall–Kier alpha value is -1.59. The van der Waals surface area contributed by atoms with Crippen molar-refractivity contribution in [1.82, 2.24) is 5.32 Å². The maximum atomic E-state index is 11.7. The summed E-state index contributed by atoms with van der Waals surface area (Å²) in [4.78, 5) is 11.7. The van der Waals surface area contributed by atoms with Gasteiger partial charge in [0.25, 0.3) is 0 Å². The van der Waals surface area contributed by atoms with Crippen molar-refractivity contribution in [2.75, 3.05) is 13.3 Å². The molecule has 1 aromatic rings. The van der Waals surface area contributed by atoms with Crippen molar-refractivity contribution in [3.05, 3.63) is 35.4 Å². The molecule has 122 valence electrons. The van der Waals surface area contributed by atoms with Gasteiger partial charge in [0, 0.05) is 6.54 Å². The average Bonchev–Trinajstić information content (AvgIpc) is 3.21. The van der Waals surface area contributed by atoms with E-state index < -0.39 is 5.60 Å². The molecule has 2 atom stereocenters. The zero-order chi connectivity index (χ0) is 16.2. The second kappa shape index (κ2) is 7.11. The number of aliphatic hydroxyl groups excluding tert-OH is 1.